The van der Waals surface area contributed by atoms with Crippen LogP contribution in [0.2, 0.25) is 0 Å². The summed E-state index contributed by atoms with van der Waals surface area (Å²) in [5, 5.41) is -1.34. The molecule has 128 valence electrons. The van der Waals surface area contributed by atoms with Gasteiger partial charge in [-0.1, -0.05) is 42.5 Å². The Labute approximate surface area is 142 Å². The predicted molar refractivity (Wildman–Crippen MR) is 90.7 cm³/mol. The van der Waals surface area contributed by atoms with Gasteiger partial charge in [-0.15, -0.1) is 0 Å². The molecule has 0 bridgehead atoms. The van der Waals surface area contributed by atoms with Crippen LogP contribution in [-0.2, 0) is 27.2 Å². The van der Waals surface area contributed by atoms with Crippen molar-refractivity contribution in [3.8, 4) is 5.75 Å². The van der Waals surface area contributed by atoms with Crippen LogP contribution < -0.4 is 10.5 Å². The maximum Gasteiger partial charge on any atom is 0.325 e. The molecule has 0 heterocycles. The van der Waals surface area contributed by atoms with E-state index < -0.39 is 28.3 Å². The Kier molecular flexibility index (Phi) is 6.48. The minimum absolute atomic E-state index is 0.428. The Morgan fingerprint density at radius 1 is 1.17 bits per heavy atom. The van der Waals surface area contributed by atoms with E-state index in [2.05, 4.69) is 4.74 Å². The number of carbonyl (C=O) groups is 1. The second kappa shape index (κ2) is 8.58. The molecule has 0 saturated carbocycles. The molecule has 7 heteroatoms. The van der Waals surface area contributed by atoms with Gasteiger partial charge in [-0.2, -0.15) is 0 Å². The average Bonchev–Trinajstić information content (AvgIpc) is 2.60. The molecule has 3 unspecified atom stereocenters. The van der Waals surface area contributed by atoms with Gasteiger partial charge in [-0.05, 0) is 23.3 Å². The summed E-state index contributed by atoms with van der Waals surface area (Å²) >= 11 is -2.43. The highest BCUT2D eigenvalue weighted by Gasteiger charge is 2.33. The van der Waals surface area contributed by atoms with E-state index in [-0.39, 0.29) is 0 Å². The monoisotopic (exact) mass is 349 g/mol. The van der Waals surface area contributed by atoms with Crippen molar-refractivity contribution in [1.82, 2.24) is 0 Å². The number of ether oxygens (including phenoxy) is 2. The van der Waals surface area contributed by atoms with E-state index in [0.29, 0.717) is 17.9 Å². The molecule has 0 spiro atoms. The zero-order valence-electron chi connectivity index (χ0n) is 13.1. The summed E-state index contributed by atoms with van der Waals surface area (Å²) in [6.07, 6.45) is 0. The van der Waals surface area contributed by atoms with Crippen LogP contribution >= 0.6 is 0 Å². The third kappa shape index (κ3) is 4.64. The van der Waals surface area contributed by atoms with Gasteiger partial charge in [0, 0.05) is 0 Å². The van der Waals surface area contributed by atoms with Gasteiger partial charge < -0.3 is 19.8 Å². The van der Waals surface area contributed by atoms with Crippen molar-refractivity contribution >= 4 is 17.0 Å². The Hall–Kier alpha value is -2.22. The Morgan fingerprint density at radius 2 is 1.79 bits per heavy atom. The molecule has 0 saturated heterocycles. The van der Waals surface area contributed by atoms with Crippen molar-refractivity contribution in [2.24, 2.45) is 5.73 Å². The highest BCUT2D eigenvalue weighted by molar-refractivity contribution is 7.80. The van der Waals surface area contributed by atoms with Gasteiger partial charge in [0.05, 0.1) is 13.2 Å². The van der Waals surface area contributed by atoms with Crippen LogP contribution in [0.4, 0.5) is 0 Å². The van der Waals surface area contributed by atoms with E-state index in [0.717, 1.165) is 12.7 Å². The normalized spacial score (nSPS) is 14.5. The minimum Gasteiger partial charge on any atom is -0.489 e. The second-order valence-corrected chi connectivity index (χ2v) is 6.15. The van der Waals surface area contributed by atoms with Gasteiger partial charge in [0.2, 0.25) is 0 Å². The van der Waals surface area contributed by atoms with E-state index in [1.54, 1.807) is 24.3 Å². The molecule has 2 aromatic carbocycles. The smallest absolute Gasteiger partial charge is 0.325 e. The molecule has 2 aromatic rings. The van der Waals surface area contributed by atoms with E-state index in [9.17, 15) is 13.6 Å². The quantitative estimate of drug-likeness (QED) is 0.586. The maximum absolute atomic E-state index is 11.6. The van der Waals surface area contributed by atoms with E-state index in [1.807, 2.05) is 30.3 Å². The zero-order valence-corrected chi connectivity index (χ0v) is 13.9. The first-order valence-electron chi connectivity index (χ1n) is 7.22. The molecule has 3 atom stereocenters. The lowest BCUT2D eigenvalue weighted by atomic mass is 10.0. The molecular weight excluding hydrogens is 330 g/mol. The highest BCUT2D eigenvalue weighted by Crippen LogP contribution is 2.22. The third-order valence-corrected chi connectivity index (χ3v) is 4.41. The van der Waals surface area contributed by atoms with Crippen molar-refractivity contribution < 1.29 is 23.0 Å². The summed E-state index contributed by atoms with van der Waals surface area (Å²) in [4.78, 5) is 11.6. The van der Waals surface area contributed by atoms with Crippen LogP contribution in [0.1, 0.15) is 17.2 Å². The SMILES string of the molecule is COC(=O)C(C(N)c1ccc(OCc2ccccc2)cc1)S(=O)O. The number of nitrogens with two attached hydrogens (primary N) is 1. The lowest BCUT2D eigenvalue weighted by Crippen LogP contribution is -2.37. The lowest BCUT2D eigenvalue weighted by molar-refractivity contribution is -0.140. The molecule has 2 rings (SSSR count). The molecule has 0 amide bonds. The number of methoxy groups -OCH3 is 1. The summed E-state index contributed by atoms with van der Waals surface area (Å²) in [5.41, 5.74) is 7.52. The largest absolute Gasteiger partial charge is 0.489 e. The van der Waals surface area contributed by atoms with Crippen molar-refractivity contribution in [2.75, 3.05) is 7.11 Å². The van der Waals surface area contributed by atoms with Gasteiger partial charge in [-0.25, -0.2) is 4.21 Å². The Bertz CT molecular complexity index is 690. The van der Waals surface area contributed by atoms with Crippen LogP contribution in [0.3, 0.4) is 0 Å². The minimum atomic E-state index is -2.43. The van der Waals surface area contributed by atoms with Crippen molar-refractivity contribution in [3.63, 3.8) is 0 Å². The first-order chi connectivity index (χ1) is 11.5. The first-order valence-corrected chi connectivity index (χ1v) is 8.39. The number of carbonyl (C=O) groups excluding carboxylic acids is 1. The molecule has 0 aliphatic rings. The zero-order chi connectivity index (χ0) is 17.5. The summed E-state index contributed by atoms with van der Waals surface area (Å²) in [5.74, 6) is -0.192. The Morgan fingerprint density at radius 3 is 2.33 bits per heavy atom. The molecule has 0 aliphatic carbocycles. The third-order valence-electron chi connectivity index (χ3n) is 3.49. The number of rotatable bonds is 7. The van der Waals surface area contributed by atoms with Crippen LogP contribution in [-0.4, -0.2) is 27.1 Å². The summed E-state index contributed by atoms with van der Waals surface area (Å²) in [7, 11) is 1.15. The molecule has 0 aromatic heterocycles. The van der Waals surface area contributed by atoms with Crippen LogP contribution in [0.15, 0.2) is 54.6 Å². The first kappa shape index (κ1) is 18.1. The highest BCUT2D eigenvalue weighted by atomic mass is 32.2. The lowest BCUT2D eigenvalue weighted by Gasteiger charge is -2.19. The molecule has 3 N–H and O–H groups in total. The fourth-order valence-electron chi connectivity index (χ4n) is 2.17. The summed E-state index contributed by atoms with van der Waals surface area (Å²) in [6.45, 7) is 0.428. The molecule has 6 nitrogen and oxygen atoms in total. The maximum atomic E-state index is 11.6. The standard InChI is InChI=1S/C17H19NO5S/c1-22-17(19)16(24(20)21)15(18)13-7-9-14(10-8-13)23-11-12-5-3-2-4-6-12/h2-10,15-16H,11,18H2,1H3,(H,20,21). The number of hydrogen-bond donors (Lipinski definition) is 2. The van der Waals surface area contributed by atoms with Crippen LogP contribution in [0.5, 0.6) is 5.75 Å². The van der Waals surface area contributed by atoms with E-state index >= 15 is 0 Å². The van der Waals surface area contributed by atoms with Gasteiger partial charge >= 0.3 is 5.97 Å². The summed E-state index contributed by atoms with van der Waals surface area (Å²) < 4.78 is 30.8. The number of benzene rings is 2. The van der Waals surface area contributed by atoms with Crippen LogP contribution in [0, 0.1) is 0 Å². The van der Waals surface area contributed by atoms with Crippen molar-refractivity contribution in [1.29, 1.82) is 0 Å². The summed E-state index contributed by atoms with van der Waals surface area (Å²) in [6, 6.07) is 15.5. The molecular formula is C17H19NO5S. The molecule has 0 aliphatic heterocycles. The van der Waals surface area contributed by atoms with E-state index in [4.69, 9.17) is 10.5 Å². The predicted octanol–water partition coefficient (Wildman–Crippen LogP) is 2.03. The van der Waals surface area contributed by atoms with Gasteiger partial charge in [0.25, 0.3) is 0 Å². The molecule has 24 heavy (non-hydrogen) atoms. The van der Waals surface area contributed by atoms with Crippen molar-refractivity contribution in [2.45, 2.75) is 17.9 Å². The number of hydrogen-bond acceptors (Lipinski definition) is 5. The van der Waals surface area contributed by atoms with Gasteiger partial charge in [0.1, 0.15) is 12.4 Å². The topological polar surface area (TPSA) is 98.9 Å². The van der Waals surface area contributed by atoms with E-state index in [1.165, 1.54) is 0 Å². The Balaban J connectivity index is 2.05. The van der Waals surface area contributed by atoms with Gasteiger partial charge in [-0.3, -0.25) is 4.79 Å². The van der Waals surface area contributed by atoms with Crippen molar-refractivity contribution in [3.05, 3.63) is 65.7 Å². The molecule has 0 radical (unpaired) electrons. The fraction of sp³-hybridized carbons (Fsp3) is 0.235. The molecule has 0 fully saturated rings. The number of esters is 1. The average molecular weight is 349 g/mol. The second-order valence-electron chi connectivity index (χ2n) is 5.09. The fourth-order valence-corrected chi connectivity index (χ4v) is 2.84. The van der Waals surface area contributed by atoms with Gasteiger partial charge in [0.15, 0.2) is 16.3 Å². The van der Waals surface area contributed by atoms with Crippen LogP contribution in [0.25, 0.3) is 0 Å².